The SMILES string of the molecule is CC(=O)N1CCN(c2ccc(C(=O)NCc3n[nH]c(=S)n3C)cc2[N+](=O)[O-])CC1. The van der Waals surface area contributed by atoms with Crippen LogP contribution < -0.4 is 10.2 Å². The van der Waals surface area contributed by atoms with Crippen molar-refractivity contribution in [2.75, 3.05) is 31.1 Å². The van der Waals surface area contributed by atoms with E-state index in [0.717, 1.165) is 0 Å². The van der Waals surface area contributed by atoms with Crippen LogP contribution in [0.4, 0.5) is 11.4 Å². The number of hydrogen-bond donors (Lipinski definition) is 2. The smallest absolute Gasteiger partial charge is 0.293 e. The Balaban J connectivity index is 1.74. The predicted molar refractivity (Wildman–Crippen MR) is 107 cm³/mol. The molecule has 3 rings (SSSR count). The van der Waals surface area contributed by atoms with Crippen molar-refractivity contribution in [3.05, 3.63) is 44.5 Å². The number of carbonyl (C=O) groups is 2. The number of amides is 2. The largest absolute Gasteiger partial charge is 0.362 e. The van der Waals surface area contributed by atoms with Crippen molar-refractivity contribution in [2.45, 2.75) is 13.5 Å². The Kier molecular flexibility index (Phi) is 5.92. The second-order valence-electron chi connectivity index (χ2n) is 6.64. The molecule has 1 aromatic heterocycles. The first-order chi connectivity index (χ1) is 13.8. The standard InChI is InChI=1S/C17H21N7O4S/c1-11(25)22-5-7-23(8-6-22)13-4-3-12(9-14(13)24(27)28)16(26)18-10-15-19-20-17(29)21(15)2/h3-4,9H,5-8,10H2,1-2H3,(H,18,26)(H,20,29). The van der Waals surface area contributed by atoms with E-state index in [4.69, 9.17) is 12.2 Å². The Morgan fingerprint density at radius 1 is 1.31 bits per heavy atom. The van der Waals surface area contributed by atoms with Gasteiger partial charge in [0.25, 0.3) is 11.6 Å². The topological polar surface area (TPSA) is 129 Å². The number of nitro groups is 1. The molecule has 0 atom stereocenters. The fourth-order valence-corrected chi connectivity index (χ4v) is 3.29. The summed E-state index contributed by atoms with van der Waals surface area (Å²) in [6.45, 7) is 3.62. The van der Waals surface area contributed by atoms with Crippen molar-refractivity contribution >= 4 is 35.4 Å². The normalized spacial score (nSPS) is 14.0. The Labute approximate surface area is 171 Å². The Morgan fingerprint density at radius 2 is 2.00 bits per heavy atom. The van der Waals surface area contributed by atoms with E-state index in [1.807, 2.05) is 4.90 Å². The molecule has 1 aliphatic heterocycles. The molecule has 0 aliphatic carbocycles. The van der Waals surface area contributed by atoms with Crippen molar-refractivity contribution in [2.24, 2.45) is 7.05 Å². The molecule has 0 radical (unpaired) electrons. The van der Waals surface area contributed by atoms with Crippen LogP contribution in [0.5, 0.6) is 0 Å². The van der Waals surface area contributed by atoms with Crippen LogP contribution in [0.25, 0.3) is 0 Å². The van der Waals surface area contributed by atoms with E-state index in [0.29, 0.717) is 42.5 Å². The van der Waals surface area contributed by atoms with Crippen LogP contribution in [0.1, 0.15) is 23.1 Å². The number of H-pyrrole nitrogens is 1. The third-order valence-corrected chi connectivity index (χ3v) is 5.24. The fourth-order valence-electron chi connectivity index (χ4n) is 3.14. The highest BCUT2D eigenvalue weighted by atomic mass is 32.1. The van der Waals surface area contributed by atoms with Crippen molar-refractivity contribution in [3.8, 4) is 0 Å². The number of nitrogens with one attached hydrogen (secondary N) is 2. The maximum Gasteiger partial charge on any atom is 0.293 e. The summed E-state index contributed by atoms with van der Waals surface area (Å²) in [5, 5.41) is 20.9. The Bertz CT molecular complexity index is 1010. The van der Waals surface area contributed by atoms with Crippen molar-refractivity contribution < 1.29 is 14.5 Å². The molecule has 2 N–H and O–H groups in total. The highest BCUT2D eigenvalue weighted by Gasteiger charge is 2.26. The highest BCUT2D eigenvalue weighted by molar-refractivity contribution is 7.71. The fraction of sp³-hybridized carbons (Fsp3) is 0.412. The van der Waals surface area contributed by atoms with Crippen LogP contribution in [0, 0.1) is 14.9 Å². The van der Waals surface area contributed by atoms with Crippen LogP contribution in [0.2, 0.25) is 0 Å². The molecule has 2 amide bonds. The maximum absolute atomic E-state index is 12.5. The molecule has 2 aromatic rings. The molecule has 1 aliphatic rings. The van der Waals surface area contributed by atoms with Gasteiger partial charge in [0.2, 0.25) is 5.91 Å². The summed E-state index contributed by atoms with van der Waals surface area (Å²) in [6, 6.07) is 4.40. The quantitative estimate of drug-likeness (QED) is 0.420. The molecule has 2 heterocycles. The number of benzene rings is 1. The number of piperazine rings is 1. The molecule has 1 fully saturated rings. The van der Waals surface area contributed by atoms with Gasteiger partial charge < -0.3 is 19.7 Å². The Hall–Kier alpha value is -3.28. The first kappa shape index (κ1) is 20.5. The molecular formula is C17H21N7O4S. The average molecular weight is 419 g/mol. The summed E-state index contributed by atoms with van der Waals surface area (Å²) in [6.07, 6.45) is 0. The van der Waals surface area contributed by atoms with Crippen molar-refractivity contribution in [1.82, 2.24) is 25.0 Å². The van der Waals surface area contributed by atoms with Crippen LogP contribution >= 0.6 is 12.2 Å². The molecule has 1 aromatic carbocycles. The van der Waals surface area contributed by atoms with E-state index < -0.39 is 10.8 Å². The van der Waals surface area contributed by atoms with Crippen LogP contribution in [0.15, 0.2) is 18.2 Å². The van der Waals surface area contributed by atoms with Gasteiger partial charge >= 0.3 is 0 Å². The van der Waals surface area contributed by atoms with E-state index in [1.165, 1.54) is 13.0 Å². The van der Waals surface area contributed by atoms with Crippen LogP contribution in [-0.4, -0.2) is 62.6 Å². The minimum Gasteiger partial charge on any atom is -0.362 e. The number of anilines is 1. The van der Waals surface area contributed by atoms with Gasteiger partial charge in [-0.2, -0.15) is 5.10 Å². The lowest BCUT2D eigenvalue weighted by atomic mass is 10.1. The number of nitrogens with zero attached hydrogens (tertiary/aromatic N) is 5. The molecule has 0 spiro atoms. The van der Waals surface area contributed by atoms with Crippen LogP contribution in [0.3, 0.4) is 0 Å². The molecule has 0 saturated carbocycles. The summed E-state index contributed by atoms with van der Waals surface area (Å²) in [7, 11) is 1.72. The van der Waals surface area contributed by atoms with Gasteiger partial charge in [0.15, 0.2) is 10.6 Å². The minimum absolute atomic E-state index is 0.0142. The lowest BCUT2D eigenvalue weighted by Crippen LogP contribution is -2.48. The second kappa shape index (κ2) is 8.39. The third-order valence-electron chi connectivity index (χ3n) is 4.88. The second-order valence-corrected chi connectivity index (χ2v) is 7.03. The summed E-state index contributed by atoms with van der Waals surface area (Å²) in [5.41, 5.74) is 0.468. The number of rotatable bonds is 5. The zero-order valence-electron chi connectivity index (χ0n) is 16.0. The zero-order chi connectivity index (χ0) is 21.1. The highest BCUT2D eigenvalue weighted by Crippen LogP contribution is 2.30. The van der Waals surface area contributed by atoms with E-state index in [-0.39, 0.29) is 23.7 Å². The molecule has 0 bridgehead atoms. The summed E-state index contributed by atoms with van der Waals surface area (Å²) in [4.78, 5) is 38.6. The van der Waals surface area contributed by atoms with Gasteiger partial charge in [-0.1, -0.05) is 0 Å². The van der Waals surface area contributed by atoms with Gasteiger partial charge in [0.1, 0.15) is 5.69 Å². The molecule has 0 unspecified atom stereocenters. The first-order valence-corrected chi connectivity index (χ1v) is 9.36. The van der Waals surface area contributed by atoms with Gasteiger partial charge in [-0.3, -0.25) is 24.8 Å². The maximum atomic E-state index is 12.5. The third kappa shape index (κ3) is 4.42. The molecule has 1 saturated heterocycles. The van der Waals surface area contributed by atoms with E-state index in [1.54, 1.807) is 28.6 Å². The van der Waals surface area contributed by atoms with E-state index >= 15 is 0 Å². The zero-order valence-corrected chi connectivity index (χ0v) is 16.9. The number of carbonyl (C=O) groups excluding carboxylic acids is 2. The first-order valence-electron chi connectivity index (χ1n) is 8.95. The summed E-state index contributed by atoms with van der Waals surface area (Å²) >= 11 is 5.02. The molecule has 12 heteroatoms. The number of aromatic amines is 1. The molecule has 154 valence electrons. The number of nitro benzene ring substituents is 1. The number of hydrogen-bond acceptors (Lipinski definition) is 7. The van der Waals surface area contributed by atoms with Crippen LogP contribution in [-0.2, 0) is 18.4 Å². The van der Waals surface area contributed by atoms with E-state index in [9.17, 15) is 19.7 Å². The average Bonchev–Trinajstić information content (AvgIpc) is 3.03. The monoisotopic (exact) mass is 419 g/mol. The molecule has 29 heavy (non-hydrogen) atoms. The summed E-state index contributed by atoms with van der Waals surface area (Å²) in [5.74, 6) is 0.0763. The van der Waals surface area contributed by atoms with Gasteiger partial charge in [-0.15, -0.1) is 0 Å². The van der Waals surface area contributed by atoms with Gasteiger partial charge in [-0.25, -0.2) is 0 Å². The minimum atomic E-state index is -0.499. The van der Waals surface area contributed by atoms with E-state index in [2.05, 4.69) is 15.5 Å². The summed E-state index contributed by atoms with van der Waals surface area (Å²) < 4.78 is 2.06. The molecular weight excluding hydrogens is 398 g/mol. The van der Waals surface area contributed by atoms with Gasteiger partial charge in [0.05, 0.1) is 11.5 Å². The Morgan fingerprint density at radius 3 is 2.55 bits per heavy atom. The van der Waals surface area contributed by atoms with Gasteiger partial charge in [0, 0.05) is 51.8 Å². The predicted octanol–water partition coefficient (Wildman–Crippen LogP) is 0.984. The number of aromatic nitrogens is 3. The lowest BCUT2D eigenvalue weighted by molar-refractivity contribution is -0.384. The van der Waals surface area contributed by atoms with Gasteiger partial charge in [-0.05, 0) is 24.4 Å². The molecule has 11 nitrogen and oxygen atoms in total. The lowest BCUT2D eigenvalue weighted by Gasteiger charge is -2.35. The van der Waals surface area contributed by atoms with Crippen molar-refractivity contribution in [3.63, 3.8) is 0 Å². The van der Waals surface area contributed by atoms with Crippen molar-refractivity contribution in [1.29, 1.82) is 0 Å².